The Labute approximate surface area is 161 Å². The Morgan fingerprint density at radius 3 is 2.61 bits per heavy atom. The number of rotatable bonds is 3. The molecule has 0 saturated carbocycles. The van der Waals surface area contributed by atoms with Crippen molar-refractivity contribution in [3.8, 4) is 11.4 Å². The van der Waals surface area contributed by atoms with Gasteiger partial charge < -0.3 is 4.90 Å². The van der Waals surface area contributed by atoms with Gasteiger partial charge in [0.1, 0.15) is 11.6 Å². The normalized spacial score (nSPS) is 16.8. The van der Waals surface area contributed by atoms with Crippen LogP contribution in [0.2, 0.25) is 0 Å². The molecule has 142 valence electrons. The van der Waals surface area contributed by atoms with Crippen LogP contribution in [0.5, 0.6) is 0 Å². The molecule has 1 aliphatic rings. The molecule has 4 nitrogen and oxygen atoms in total. The van der Waals surface area contributed by atoms with Gasteiger partial charge in [0.2, 0.25) is 0 Å². The first-order chi connectivity index (χ1) is 13.6. The van der Waals surface area contributed by atoms with E-state index in [0.717, 1.165) is 18.5 Å². The molecule has 1 aromatic heterocycles. The third-order valence-electron chi connectivity index (χ3n) is 4.96. The molecule has 0 radical (unpaired) electrons. The molecule has 2 heterocycles. The lowest BCUT2D eigenvalue weighted by molar-refractivity contribution is 0.0705. The van der Waals surface area contributed by atoms with E-state index in [-0.39, 0.29) is 17.6 Å². The summed E-state index contributed by atoms with van der Waals surface area (Å²) >= 11 is 0. The minimum atomic E-state index is -0.421. The standard InChI is InChI=1S/C22H19F2N3O/c23-18-7-1-4-15(12-18)21-25-10-9-20(26-21)17-6-3-11-27(14-17)22(28)16-5-2-8-19(24)13-16/h1-2,4-5,7-10,12-13,17H,3,6,11,14H2/t17-/m1/s1. The number of halogens is 2. The predicted molar refractivity (Wildman–Crippen MR) is 102 cm³/mol. The summed E-state index contributed by atoms with van der Waals surface area (Å²) in [6.07, 6.45) is 3.40. The maximum absolute atomic E-state index is 13.5. The van der Waals surface area contributed by atoms with Gasteiger partial charge in [0.05, 0.1) is 0 Å². The number of benzene rings is 2. The lowest BCUT2D eigenvalue weighted by Gasteiger charge is -2.32. The highest BCUT2D eigenvalue weighted by Gasteiger charge is 2.26. The Morgan fingerprint density at radius 2 is 1.82 bits per heavy atom. The summed E-state index contributed by atoms with van der Waals surface area (Å²) in [6.45, 7) is 1.14. The van der Waals surface area contributed by atoms with Crippen molar-refractivity contribution in [2.45, 2.75) is 18.8 Å². The molecule has 0 spiro atoms. The lowest BCUT2D eigenvalue weighted by Crippen LogP contribution is -2.39. The molecule has 0 bridgehead atoms. The van der Waals surface area contributed by atoms with Gasteiger partial charge in [-0.15, -0.1) is 0 Å². The third-order valence-corrected chi connectivity index (χ3v) is 4.96. The Hall–Kier alpha value is -3.15. The molecule has 2 aromatic carbocycles. The van der Waals surface area contributed by atoms with Gasteiger partial charge >= 0.3 is 0 Å². The van der Waals surface area contributed by atoms with Crippen LogP contribution in [0.3, 0.4) is 0 Å². The fraction of sp³-hybridized carbons (Fsp3) is 0.227. The van der Waals surface area contributed by atoms with E-state index in [1.165, 1.54) is 24.3 Å². The van der Waals surface area contributed by atoms with Crippen LogP contribution in [-0.4, -0.2) is 33.9 Å². The highest BCUT2D eigenvalue weighted by atomic mass is 19.1. The van der Waals surface area contributed by atoms with Crippen molar-refractivity contribution in [2.75, 3.05) is 13.1 Å². The van der Waals surface area contributed by atoms with Crippen LogP contribution in [0.15, 0.2) is 60.8 Å². The molecule has 1 fully saturated rings. The van der Waals surface area contributed by atoms with Gasteiger partial charge in [-0.05, 0) is 49.2 Å². The second-order valence-electron chi connectivity index (χ2n) is 6.92. The fourth-order valence-corrected chi connectivity index (χ4v) is 3.57. The predicted octanol–water partition coefficient (Wildman–Crippen LogP) is 4.44. The Morgan fingerprint density at radius 1 is 1.04 bits per heavy atom. The van der Waals surface area contributed by atoms with Crippen molar-refractivity contribution in [3.63, 3.8) is 0 Å². The van der Waals surface area contributed by atoms with Gasteiger partial charge in [-0.1, -0.05) is 18.2 Å². The number of hydrogen-bond donors (Lipinski definition) is 0. The number of piperidine rings is 1. The summed E-state index contributed by atoms with van der Waals surface area (Å²) in [5.74, 6) is -0.415. The van der Waals surface area contributed by atoms with Gasteiger partial charge in [0.25, 0.3) is 5.91 Å². The highest BCUT2D eigenvalue weighted by molar-refractivity contribution is 5.94. The van der Waals surface area contributed by atoms with Crippen LogP contribution in [-0.2, 0) is 0 Å². The first-order valence-corrected chi connectivity index (χ1v) is 9.24. The average Bonchev–Trinajstić information content (AvgIpc) is 2.73. The van der Waals surface area contributed by atoms with E-state index >= 15 is 0 Å². The van der Waals surface area contributed by atoms with E-state index in [2.05, 4.69) is 9.97 Å². The van der Waals surface area contributed by atoms with Crippen LogP contribution in [0, 0.1) is 11.6 Å². The zero-order chi connectivity index (χ0) is 19.5. The van der Waals surface area contributed by atoms with Crippen molar-refractivity contribution < 1.29 is 13.6 Å². The maximum atomic E-state index is 13.5. The maximum Gasteiger partial charge on any atom is 0.253 e. The van der Waals surface area contributed by atoms with Crippen molar-refractivity contribution in [1.82, 2.24) is 14.9 Å². The SMILES string of the molecule is O=C(c1cccc(F)c1)N1CCC[C@@H](c2ccnc(-c3cccc(F)c3)n2)C1. The first kappa shape index (κ1) is 18.2. The van der Waals surface area contributed by atoms with Crippen molar-refractivity contribution >= 4 is 5.91 Å². The van der Waals surface area contributed by atoms with E-state index < -0.39 is 5.82 Å². The van der Waals surface area contributed by atoms with Crippen molar-refractivity contribution in [3.05, 3.63) is 83.7 Å². The van der Waals surface area contributed by atoms with Crippen LogP contribution in [0.1, 0.15) is 34.8 Å². The van der Waals surface area contributed by atoms with E-state index in [0.29, 0.717) is 30.0 Å². The topological polar surface area (TPSA) is 46.1 Å². The van der Waals surface area contributed by atoms with Gasteiger partial charge in [-0.2, -0.15) is 0 Å². The Kier molecular flexibility index (Phi) is 5.10. The van der Waals surface area contributed by atoms with Crippen LogP contribution in [0.25, 0.3) is 11.4 Å². The largest absolute Gasteiger partial charge is 0.338 e. The van der Waals surface area contributed by atoms with E-state index in [1.54, 1.807) is 35.4 Å². The van der Waals surface area contributed by atoms with Crippen LogP contribution >= 0.6 is 0 Å². The number of likely N-dealkylation sites (tertiary alicyclic amines) is 1. The molecule has 28 heavy (non-hydrogen) atoms. The zero-order valence-electron chi connectivity index (χ0n) is 15.2. The summed E-state index contributed by atoms with van der Waals surface area (Å²) in [7, 11) is 0. The minimum Gasteiger partial charge on any atom is -0.338 e. The minimum absolute atomic E-state index is 0.0570. The summed E-state index contributed by atoms with van der Waals surface area (Å²) in [5.41, 5.74) is 1.79. The van der Waals surface area contributed by atoms with Gasteiger partial charge in [0.15, 0.2) is 5.82 Å². The number of aromatic nitrogens is 2. The zero-order valence-corrected chi connectivity index (χ0v) is 15.2. The second kappa shape index (κ2) is 7.84. The second-order valence-corrected chi connectivity index (χ2v) is 6.92. The number of carbonyl (C=O) groups excluding carboxylic acids is 1. The summed E-state index contributed by atoms with van der Waals surface area (Å²) in [6, 6.07) is 13.8. The molecule has 1 amide bonds. The highest BCUT2D eigenvalue weighted by Crippen LogP contribution is 2.28. The molecule has 4 rings (SSSR count). The quantitative estimate of drug-likeness (QED) is 0.676. The molecule has 0 aliphatic carbocycles. The molecule has 1 saturated heterocycles. The van der Waals surface area contributed by atoms with Crippen molar-refractivity contribution in [1.29, 1.82) is 0 Å². The number of amides is 1. The lowest BCUT2D eigenvalue weighted by atomic mass is 9.94. The molecular formula is C22H19F2N3O. The summed E-state index contributed by atoms with van der Waals surface area (Å²) in [5, 5.41) is 0. The van der Waals surface area contributed by atoms with Gasteiger partial charge in [-0.25, -0.2) is 18.7 Å². The van der Waals surface area contributed by atoms with E-state index in [9.17, 15) is 13.6 Å². The monoisotopic (exact) mass is 379 g/mol. The van der Waals surface area contributed by atoms with E-state index in [4.69, 9.17) is 0 Å². The van der Waals surface area contributed by atoms with Gasteiger partial charge in [0, 0.05) is 42.0 Å². The van der Waals surface area contributed by atoms with Crippen molar-refractivity contribution in [2.24, 2.45) is 0 Å². The Balaban J connectivity index is 1.55. The number of hydrogen-bond acceptors (Lipinski definition) is 3. The molecule has 0 unspecified atom stereocenters. The summed E-state index contributed by atoms with van der Waals surface area (Å²) in [4.78, 5) is 23.4. The Bertz CT molecular complexity index is 1010. The number of carbonyl (C=O) groups is 1. The molecular weight excluding hydrogens is 360 g/mol. The molecule has 6 heteroatoms. The smallest absolute Gasteiger partial charge is 0.253 e. The number of nitrogens with zero attached hydrogens (tertiary/aromatic N) is 3. The molecule has 0 N–H and O–H groups in total. The van der Waals surface area contributed by atoms with Crippen LogP contribution < -0.4 is 0 Å². The van der Waals surface area contributed by atoms with Gasteiger partial charge in [-0.3, -0.25) is 4.79 Å². The first-order valence-electron chi connectivity index (χ1n) is 9.24. The third kappa shape index (κ3) is 3.91. The van der Waals surface area contributed by atoms with E-state index in [1.807, 2.05) is 6.07 Å². The molecule has 3 aromatic rings. The fourth-order valence-electron chi connectivity index (χ4n) is 3.57. The molecule has 1 atom stereocenters. The molecule has 1 aliphatic heterocycles. The van der Waals surface area contributed by atoms with Crippen LogP contribution in [0.4, 0.5) is 8.78 Å². The average molecular weight is 379 g/mol. The summed E-state index contributed by atoms with van der Waals surface area (Å²) < 4.78 is 27.0.